The maximum atomic E-state index is 13.2. The largest absolute Gasteiger partial charge is 0.416 e. The van der Waals surface area contributed by atoms with Crippen molar-refractivity contribution in [3.05, 3.63) is 65.5 Å². The molecule has 0 radical (unpaired) electrons. The number of hydrogen-bond acceptors (Lipinski definition) is 4. The molecule has 7 heteroatoms. The molecule has 0 N–H and O–H groups in total. The number of nitrogens with zero attached hydrogens (tertiary/aromatic N) is 2. The highest BCUT2D eigenvalue weighted by Gasteiger charge is 2.34. The van der Waals surface area contributed by atoms with Gasteiger partial charge in [0.15, 0.2) is 5.78 Å². The zero-order chi connectivity index (χ0) is 21.0. The number of alkyl halides is 3. The van der Waals surface area contributed by atoms with Crippen molar-refractivity contribution in [2.75, 3.05) is 20.1 Å². The number of likely N-dealkylation sites (tertiary alicyclic amines) is 1. The number of aromatic nitrogens is 1. The molecule has 4 nitrogen and oxygen atoms in total. The molecule has 2 heterocycles. The molecule has 0 amide bonds. The molecule has 1 aliphatic rings. The van der Waals surface area contributed by atoms with Crippen molar-refractivity contribution < 1.29 is 22.8 Å². The van der Waals surface area contributed by atoms with Gasteiger partial charge in [-0.05, 0) is 56.7 Å². The van der Waals surface area contributed by atoms with E-state index in [1.165, 1.54) is 36.7 Å². The predicted molar refractivity (Wildman–Crippen MR) is 103 cm³/mol. The summed E-state index contributed by atoms with van der Waals surface area (Å²) in [7, 11) is 1.99. The Morgan fingerprint density at radius 2 is 1.79 bits per heavy atom. The summed E-state index contributed by atoms with van der Waals surface area (Å²) < 4.78 is 39.5. The van der Waals surface area contributed by atoms with E-state index in [2.05, 4.69) is 9.88 Å². The van der Waals surface area contributed by atoms with E-state index in [0.29, 0.717) is 18.4 Å². The van der Waals surface area contributed by atoms with E-state index in [-0.39, 0.29) is 29.5 Å². The van der Waals surface area contributed by atoms with Crippen LogP contribution in [-0.2, 0) is 11.0 Å². The fraction of sp³-hybridized carbons (Fsp3) is 0.409. The highest BCUT2D eigenvalue weighted by molar-refractivity contribution is 6.03. The van der Waals surface area contributed by atoms with Gasteiger partial charge in [0.1, 0.15) is 5.78 Å². The third-order valence-electron chi connectivity index (χ3n) is 5.48. The first-order chi connectivity index (χ1) is 13.8. The van der Waals surface area contributed by atoms with Crippen LogP contribution in [0.15, 0.2) is 48.8 Å². The number of rotatable bonds is 6. The smallest absolute Gasteiger partial charge is 0.306 e. The van der Waals surface area contributed by atoms with Crippen LogP contribution in [0.3, 0.4) is 0 Å². The molecule has 1 atom stereocenters. The van der Waals surface area contributed by atoms with Crippen LogP contribution in [0.25, 0.3) is 0 Å². The van der Waals surface area contributed by atoms with Crippen LogP contribution in [0.1, 0.15) is 46.7 Å². The number of ketones is 2. The highest BCUT2D eigenvalue weighted by Crippen LogP contribution is 2.34. The summed E-state index contributed by atoms with van der Waals surface area (Å²) in [6.45, 7) is 1.59. The zero-order valence-corrected chi connectivity index (χ0v) is 16.2. The first-order valence-corrected chi connectivity index (χ1v) is 9.58. The van der Waals surface area contributed by atoms with E-state index >= 15 is 0 Å². The Bertz CT molecular complexity index is 860. The molecule has 29 heavy (non-hydrogen) atoms. The van der Waals surface area contributed by atoms with Gasteiger partial charge in [0, 0.05) is 30.3 Å². The lowest BCUT2D eigenvalue weighted by Crippen LogP contribution is -2.34. The molecule has 3 rings (SSSR count). The fourth-order valence-corrected chi connectivity index (χ4v) is 3.71. The molecule has 1 unspecified atom stereocenters. The normalized spacial score (nSPS) is 17.1. The molecule has 0 spiro atoms. The number of piperidine rings is 1. The number of carbonyl (C=O) groups excluding carboxylic acids is 2. The van der Waals surface area contributed by atoms with Gasteiger partial charge in [-0.3, -0.25) is 14.6 Å². The summed E-state index contributed by atoms with van der Waals surface area (Å²) in [6, 6.07) is 7.75. The van der Waals surface area contributed by atoms with Crippen molar-refractivity contribution >= 4 is 11.6 Å². The summed E-state index contributed by atoms with van der Waals surface area (Å²) in [5, 5.41) is 0. The molecule has 0 bridgehead atoms. The molecule has 1 fully saturated rings. The number of hydrogen-bond donors (Lipinski definition) is 0. The van der Waals surface area contributed by atoms with Gasteiger partial charge in [-0.25, -0.2) is 0 Å². The van der Waals surface area contributed by atoms with E-state index in [1.54, 1.807) is 0 Å². The Morgan fingerprint density at radius 1 is 1.14 bits per heavy atom. The van der Waals surface area contributed by atoms with Gasteiger partial charge >= 0.3 is 6.18 Å². The molecule has 1 saturated heterocycles. The minimum atomic E-state index is -4.52. The third-order valence-corrected chi connectivity index (χ3v) is 5.48. The SMILES string of the molecule is CN1CCC(C(=O)CC(C(=O)c2ccncc2)c2cccc(C(F)(F)F)c2)CC1. The molecule has 1 aliphatic heterocycles. The van der Waals surface area contributed by atoms with Crippen LogP contribution in [0.4, 0.5) is 13.2 Å². The van der Waals surface area contributed by atoms with Gasteiger partial charge in [0.2, 0.25) is 0 Å². The first kappa shape index (κ1) is 21.2. The van der Waals surface area contributed by atoms with Crippen LogP contribution in [-0.4, -0.2) is 41.6 Å². The lowest BCUT2D eigenvalue weighted by Gasteiger charge is -2.29. The van der Waals surface area contributed by atoms with Crippen molar-refractivity contribution in [2.45, 2.75) is 31.4 Å². The molecule has 1 aromatic carbocycles. The van der Waals surface area contributed by atoms with E-state index < -0.39 is 17.7 Å². The van der Waals surface area contributed by atoms with Crippen LogP contribution in [0, 0.1) is 5.92 Å². The van der Waals surface area contributed by atoms with Gasteiger partial charge in [0.25, 0.3) is 0 Å². The summed E-state index contributed by atoms with van der Waals surface area (Å²) in [5.41, 5.74) is -0.282. The molecule has 2 aromatic rings. The molecule has 0 aliphatic carbocycles. The number of pyridine rings is 1. The molecular formula is C22H23F3N2O2. The average molecular weight is 404 g/mol. The molecule has 154 valence electrons. The van der Waals surface area contributed by atoms with Crippen LogP contribution < -0.4 is 0 Å². The zero-order valence-electron chi connectivity index (χ0n) is 16.2. The third kappa shape index (κ3) is 5.29. The summed E-state index contributed by atoms with van der Waals surface area (Å²) in [5.74, 6) is -1.55. The quantitative estimate of drug-likeness (QED) is 0.671. The second-order valence-corrected chi connectivity index (χ2v) is 7.52. The Kier molecular flexibility index (Phi) is 6.47. The number of halogens is 3. The Morgan fingerprint density at radius 3 is 2.41 bits per heavy atom. The van der Waals surface area contributed by atoms with Crippen LogP contribution >= 0.6 is 0 Å². The first-order valence-electron chi connectivity index (χ1n) is 9.58. The Balaban J connectivity index is 1.90. The van der Waals surface area contributed by atoms with E-state index in [9.17, 15) is 22.8 Å². The minimum Gasteiger partial charge on any atom is -0.306 e. The van der Waals surface area contributed by atoms with E-state index in [4.69, 9.17) is 0 Å². The lowest BCUT2D eigenvalue weighted by atomic mass is 9.81. The standard InChI is InChI=1S/C22H23F3N2O2/c1-27-11-7-15(8-12-27)20(28)14-19(21(29)16-5-9-26-10-6-16)17-3-2-4-18(13-17)22(23,24)25/h2-6,9-10,13,15,19H,7-8,11-12,14H2,1H3. The topological polar surface area (TPSA) is 50.3 Å². The second-order valence-electron chi connectivity index (χ2n) is 7.52. The van der Waals surface area contributed by atoms with Gasteiger partial charge in [-0.1, -0.05) is 18.2 Å². The summed E-state index contributed by atoms with van der Waals surface area (Å²) in [6.07, 6.45) is -0.304. The maximum absolute atomic E-state index is 13.2. The van der Waals surface area contributed by atoms with Crippen molar-refractivity contribution in [3.63, 3.8) is 0 Å². The number of carbonyl (C=O) groups is 2. The van der Waals surface area contributed by atoms with Gasteiger partial charge in [-0.15, -0.1) is 0 Å². The Hall–Kier alpha value is -2.54. The second kappa shape index (κ2) is 8.86. The Labute approximate surface area is 167 Å². The summed E-state index contributed by atoms with van der Waals surface area (Å²) >= 11 is 0. The van der Waals surface area contributed by atoms with Crippen LogP contribution in [0.5, 0.6) is 0 Å². The number of Topliss-reactive ketones (excluding diaryl/α,β-unsaturated/α-hetero) is 2. The monoisotopic (exact) mass is 404 g/mol. The fourth-order valence-electron chi connectivity index (χ4n) is 3.71. The van der Waals surface area contributed by atoms with E-state index in [0.717, 1.165) is 25.2 Å². The highest BCUT2D eigenvalue weighted by atomic mass is 19.4. The average Bonchev–Trinajstić information content (AvgIpc) is 2.72. The van der Waals surface area contributed by atoms with Gasteiger partial charge < -0.3 is 4.90 Å². The predicted octanol–water partition coefficient (Wildman–Crippen LogP) is 4.37. The van der Waals surface area contributed by atoms with Crippen molar-refractivity contribution in [1.29, 1.82) is 0 Å². The molecule has 1 aromatic heterocycles. The van der Waals surface area contributed by atoms with Crippen molar-refractivity contribution in [2.24, 2.45) is 5.92 Å². The molecule has 0 saturated carbocycles. The number of benzene rings is 1. The van der Waals surface area contributed by atoms with E-state index in [1.807, 2.05) is 7.05 Å². The lowest BCUT2D eigenvalue weighted by molar-refractivity contribution is -0.137. The summed E-state index contributed by atoms with van der Waals surface area (Å²) in [4.78, 5) is 32.0. The van der Waals surface area contributed by atoms with Crippen molar-refractivity contribution in [1.82, 2.24) is 9.88 Å². The maximum Gasteiger partial charge on any atom is 0.416 e. The molecular weight excluding hydrogens is 381 g/mol. The van der Waals surface area contributed by atoms with Gasteiger partial charge in [0.05, 0.1) is 11.5 Å². The van der Waals surface area contributed by atoms with Gasteiger partial charge in [-0.2, -0.15) is 13.2 Å². The van der Waals surface area contributed by atoms with Crippen molar-refractivity contribution in [3.8, 4) is 0 Å². The minimum absolute atomic E-state index is 0.0667. The van der Waals surface area contributed by atoms with Crippen LogP contribution in [0.2, 0.25) is 0 Å².